The number of hydrogen-bond acceptors (Lipinski definition) is 3. The van der Waals surface area contributed by atoms with Gasteiger partial charge in [-0.2, -0.15) is 0 Å². The van der Waals surface area contributed by atoms with Crippen molar-refractivity contribution in [2.24, 2.45) is 0 Å². The van der Waals surface area contributed by atoms with E-state index in [1.54, 1.807) is 0 Å². The van der Waals surface area contributed by atoms with Crippen LogP contribution in [-0.2, 0) is 6.42 Å². The van der Waals surface area contributed by atoms with E-state index in [-0.39, 0.29) is 6.04 Å². The van der Waals surface area contributed by atoms with Crippen LogP contribution < -0.4 is 5.32 Å². The quantitative estimate of drug-likeness (QED) is 0.781. The topological polar surface area (TPSA) is 38.1 Å². The summed E-state index contributed by atoms with van der Waals surface area (Å²) in [6, 6.07) is 14.1. The van der Waals surface area contributed by atoms with Crippen LogP contribution in [0.1, 0.15) is 23.1 Å². The van der Waals surface area contributed by atoms with Crippen LogP contribution in [0.25, 0.3) is 11.1 Å². The molecule has 0 aliphatic carbocycles. The standard InChI is InChI=1S/C17H17ClN2O/c1-11-7-8-12(9-13(11)18)15(19-2)10-17-20-14-5-3-4-6-16(14)21-17/h3-9,15,19H,10H2,1-2H3. The number of aromatic nitrogens is 1. The molecular formula is C17H17ClN2O. The zero-order valence-electron chi connectivity index (χ0n) is 12.1. The molecule has 3 aromatic rings. The van der Waals surface area contributed by atoms with Gasteiger partial charge in [0.1, 0.15) is 5.52 Å². The van der Waals surface area contributed by atoms with Crippen molar-refractivity contribution in [2.45, 2.75) is 19.4 Å². The van der Waals surface area contributed by atoms with Crippen molar-refractivity contribution in [3.63, 3.8) is 0 Å². The summed E-state index contributed by atoms with van der Waals surface area (Å²) in [6.45, 7) is 2.00. The SMILES string of the molecule is CNC(Cc1nc2ccccc2o1)c1ccc(C)c(Cl)c1. The minimum Gasteiger partial charge on any atom is -0.441 e. The normalized spacial score (nSPS) is 12.7. The molecule has 2 aromatic carbocycles. The Morgan fingerprint density at radius 2 is 2.05 bits per heavy atom. The van der Waals surface area contributed by atoms with Crippen molar-refractivity contribution in [1.29, 1.82) is 0 Å². The van der Waals surface area contributed by atoms with E-state index in [0.717, 1.165) is 33.1 Å². The van der Waals surface area contributed by atoms with Gasteiger partial charge in [-0.3, -0.25) is 0 Å². The lowest BCUT2D eigenvalue weighted by Gasteiger charge is -2.15. The smallest absolute Gasteiger partial charge is 0.197 e. The highest BCUT2D eigenvalue weighted by Crippen LogP contribution is 2.25. The molecule has 4 heteroatoms. The second-order valence-electron chi connectivity index (χ2n) is 5.13. The maximum atomic E-state index is 6.22. The van der Waals surface area contributed by atoms with E-state index in [9.17, 15) is 0 Å². The molecule has 1 unspecified atom stereocenters. The molecule has 1 aromatic heterocycles. The van der Waals surface area contributed by atoms with Crippen LogP contribution in [0.3, 0.4) is 0 Å². The third-order valence-electron chi connectivity index (χ3n) is 3.66. The van der Waals surface area contributed by atoms with E-state index in [4.69, 9.17) is 16.0 Å². The van der Waals surface area contributed by atoms with Crippen molar-refractivity contribution in [3.8, 4) is 0 Å². The highest BCUT2D eigenvalue weighted by atomic mass is 35.5. The van der Waals surface area contributed by atoms with Gasteiger partial charge in [-0.1, -0.05) is 35.9 Å². The first-order chi connectivity index (χ1) is 10.2. The molecule has 1 atom stereocenters. The number of para-hydroxylation sites is 2. The summed E-state index contributed by atoms with van der Waals surface area (Å²) >= 11 is 6.22. The Balaban J connectivity index is 1.88. The molecule has 108 valence electrons. The van der Waals surface area contributed by atoms with Gasteiger partial charge in [0.05, 0.1) is 0 Å². The minimum absolute atomic E-state index is 0.121. The second kappa shape index (κ2) is 5.88. The Hall–Kier alpha value is -1.84. The molecule has 1 heterocycles. The van der Waals surface area contributed by atoms with E-state index >= 15 is 0 Å². The molecule has 0 aliphatic rings. The zero-order valence-corrected chi connectivity index (χ0v) is 12.8. The number of halogens is 1. The predicted molar refractivity (Wildman–Crippen MR) is 85.7 cm³/mol. The minimum atomic E-state index is 0.121. The van der Waals surface area contributed by atoms with Gasteiger partial charge in [0, 0.05) is 17.5 Å². The predicted octanol–water partition coefficient (Wildman–Crippen LogP) is 4.29. The molecule has 0 spiro atoms. The number of likely N-dealkylation sites (N-methyl/N-ethyl adjacent to an activating group) is 1. The summed E-state index contributed by atoms with van der Waals surface area (Å²) in [5, 5.41) is 4.08. The fourth-order valence-electron chi connectivity index (χ4n) is 2.39. The molecule has 0 saturated heterocycles. The first-order valence-corrected chi connectivity index (χ1v) is 7.33. The summed E-state index contributed by atoms with van der Waals surface area (Å²) in [5.74, 6) is 0.729. The Morgan fingerprint density at radius 3 is 2.76 bits per heavy atom. The van der Waals surface area contributed by atoms with Gasteiger partial charge < -0.3 is 9.73 Å². The van der Waals surface area contributed by atoms with Crippen molar-refractivity contribution in [2.75, 3.05) is 7.05 Å². The van der Waals surface area contributed by atoms with Crippen LogP contribution in [0.4, 0.5) is 0 Å². The van der Waals surface area contributed by atoms with Crippen molar-refractivity contribution in [3.05, 3.63) is 64.5 Å². The van der Waals surface area contributed by atoms with Gasteiger partial charge >= 0.3 is 0 Å². The highest BCUT2D eigenvalue weighted by molar-refractivity contribution is 6.31. The summed E-state index contributed by atoms with van der Waals surface area (Å²) in [7, 11) is 1.93. The number of oxazole rings is 1. The fourth-order valence-corrected chi connectivity index (χ4v) is 2.58. The summed E-state index contributed by atoms with van der Waals surface area (Å²) < 4.78 is 5.79. The lowest BCUT2D eigenvalue weighted by Crippen LogP contribution is -2.19. The maximum Gasteiger partial charge on any atom is 0.197 e. The van der Waals surface area contributed by atoms with Gasteiger partial charge in [0.2, 0.25) is 0 Å². The molecule has 3 nitrogen and oxygen atoms in total. The number of hydrogen-bond donors (Lipinski definition) is 1. The molecule has 21 heavy (non-hydrogen) atoms. The molecule has 1 N–H and O–H groups in total. The van der Waals surface area contributed by atoms with Gasteiger partial charge in [0.25, 0.3) is 0 Å². The fraction of sp³-hybridized carbons (Fsp3) is 0.235. The first kappa shape index (κ1) is 14.1. The maximum absolute atomic E-state index is 6.22. The van der Waals surface area contributed by atoms with Crippen LogP contribution in [0, 0.1) is 6.92 Å². The molecule has 0 bridgehead atoms. The van der Waals surface area contributed by atoms with E-state index < -0.39 is 0 Å². The van der Waals surface area contributed by atoms with E-state index in [2.05, 4.69) is 16.4 Å². The Kier molecular flexibility index (Phi) is 3.95. The van der Waals surface area contributed by atoms with Gasteiger partial charge in [-0.15, -0.1) is 0 Å². The first-order valence-electron chi connectivity index (χ1n) is 6.95. The molecule has 0 aliphatic heterocycles. The number of rotatable bonds is 4. The molecule has 0 radical (unpaired) electrons. The second-order valence-corrected chi connectivity index (χ2v) is 5.54. The highest BCUT2D eigenvalue weighted by Gasteiger charge is 2.15. The summed E-state index contributed by atoms with van der Waals surface area (Å²) in [5.41, 5.74) is 3.93. The number of nitrogens with zero attached hydrogens (tertiary/aromatic N) is 1. The van der Waals surface area contributed by atoms with E-state index in [1.165, 1.54) is 0 Å². The van der Waals surface area contributed by atoms with Gasteiger partial charge in [-0.05, 0) is 43.3 Å². The van der Waals surface area contributed by atoms with Gasteiger partial charge in [0.15, 0.2) is 11.5 Å². The number of nitrogens with one attached hydrogen (secondary N) is 1. The Bertz CT molecular complexity index is 733. The lowest BCUT2D eigenvalue weighted by atomic mass is 10.0. The third-order valence-corrected chi connectivity index (χ3v) is 4.07. The summed E-state index contributed by atoms with van der Waals surface area (Å²) in [6.07, 6.45) is 0.685. The van der Waals surface area contributed by atoms with Gasteiger partial charge in [-0.25, -0.2) is 4.98 Å². The van der Waals surface area contributed by atoms with Crippen LogP contribution in [-0.4, -0.2) is 12.0 Å². The van der Waals surface area contributed by atoms with Crippen molar-refractivity contribution in [1.82, 2.24) is 10.3 Å². The number of fused-ring (bicyclic) bond motifs is 1. The van der Waals surface area contributed by atoms with E-state index in [0.29, 0.717) is 6.42 Å². The Labute approximate surface area is 128 Å². The van der Waals surface area contributed by atoms with Crippen LogP contribution >= 0.6 is 11.6 Å². The molecular weight excluding hydrogens is 284 g/mol. The molecule has 0 fully saturated rings. The monoisotopic (exact) mass is 300 g/mol. The summed E-state index contributed by atoms with van der Waals surface area (Å²) in [4.78, 5) is 4.53. The van der Waals surface area contributed by atoms with Crippen LogP contribution in [0.15, 0.2) is 46.9 Å². The lowest BCUT2D eigenvalue weighted by molar-refractivity contribution is 0.474. The van der Waals surface area contributed by atoms with Crippen LogP contribution in [0.5, 0.6) is 0 Å². The largest absolute Gasteiger partial charge is 0.441 e. The average Bonchev–Trinajstić information content (AvgIpc) is 2.90. The molecule has 0 amide bonds. The molecule has 3 rings (SSSR count). The molecule has 0 saturated carbocycles. The Morgan fingerprint density at radius 1 is 1.24 bits per heavy atom. The number of benzene rings is 2. The third kappa shape index (κ3) is 2.94. The van der Waals surface area contributed by atoms with Crippen molar-refractivity contribution >= 4 is 22.7 Å². The van der Waals surface area contributed by atoms with Crippen LogP contribution in [0.2, 0.25) is 5.02 Å². The van der Waals surface area contributed by atoms with Crippen molar-refractivity contribution < 1.29 is 4.42 Å². The van der Waals surface area contributed by atoms with E-state index in [1.807, 2.05) is 50.4 Å². The zero-order chi connectivity index (χ0) is 14.8. The number of aryl methyl sites for hydroxylation is 1. The average molecular weight is 301 g/mol.